The molecule has 3 aromatic rings. The van der Waals surface area contributed by atoms with Crippen LogP contribution in [0.15, 0.2) is 60.9 Å². The van der Waals surface area contributed by atoms with Gasteiger partial charge in [-0.25, -0.2) is 4.98 Å². The molecule has 1 aliphatic rings. The van der Waals surface area contributed by atoms with Crippen LogP contribution >= 0.6 is 0 Å². The lowest BCUT2D eigenvalue weighted by Gasteiger charge is -2.26. The quantitative estimate of drug-likeness (QED) is 0.761. The first-order valence-electron chi connectivity index (χ1n) is 8.78. The van der Waals surface area contributed by atoms with Crippen molar-refractivity contribution in [1.29, 1.82) is 0 Å². The lowest BCUT2D eigenvalue weighted by Crippen LogP contribution is -2.29. The Bertz CT molecular complexity index is 832. The third kappa shape index (κ3) is 3.26. The van der Waals surface area contributed by atoms with Gasteiger partial charge in [-0.1, -0.05) is 36.4 Å². The van der Waals surface area contributed by atoms with E-state index in [-0.39, 0.29) is 0 Å². The Morgan fingerprint density at radius 1 is 1.08 bits per heavy atom. The molecule has 3 heterocycles. The molecule has 122 valence electrons. The highest BCUT2D eigenvalue weighted by molar-refractivity contribution is 5.90. The molecule has 1 N–H and O–H groups in total. The molecule has 24 heavy (non-hydrogen) atoms. The zero-order valence-corrected chi connectivity index (χ0v) is 13.9. The summed E-state index contributed by atoms with van der Waals surface area (Å²) in [6, 6.07) is 14.9. The van der Waals surface area contributed by atoms with Crippen LogP contribution in [0, 0.1) is 0 Å². The van der Waals surface area contributed by atoms with Crippen LogP contribution in [0.5, 0.6) is 0 Å². The summed E-state index contributed by atoms with van der Waals surface area (Å²) in [6.45, 7) is 3.37. The fourth-order valence-electron chi connectivity index (χ4n) is 3.53. The van der Waals surface area contributed by atoms with Gasteiger partial charge in [-0.05, 0) is 49.1 Å². The Hall–Kier alpha value is -2.39. The molecule has 2 aromatic heterocycles. The molecule has 0 spiro atoms. The Morgan fingerprint density at radius 2 is 2.00 bits per heavy atom. The molecule has 0 amide bonds. The average Bonchev–Trinajstić information content (AvgIpc) is 3.07. The number of rotatable bonds is 5. The third-order valence-corrected chi connectivity index (χ3v) is 4.87. The first-order valence-corrected chi connectivity index (χ1v) is 8.78. The largest absolute Gasteiger partial charge is 0.346 e. The van der Waals surface area contributed by atoms with Crippen LogP contribution in [-0.2, 0) is 6.42 Å². The molecule has 1 aliphatic heterocycles. The maximum atomic E-state index is 4.39. The van der Waals surface area contributed by atoms with Crippen molar-refractivity contribution < 1.29 is 0 Å². The number of nitrogens with one attached hydrogen (secondary N) is 1. The Morgan fingerprint density at radius 3 is 2.83 bits per heavy atom. The number of aromatic amines is 1. The SMILES string of the molecule is C1=C(c2c[nH]c3ncccc23)CCN(CCCc2ccccc2)C1. The van der Waals surface area contributed by atoms with E-state index in [0.717, 1.165) is 25.2 Å². The van der Waals surface area contributed by atoms with E-state index in [2.05, 4.69) is 63.5 Å². The molecule has 0 radical (unpaired) electrons. The van der Waals surface area contributed by atoms with E-state index in [1.807, 2.05) is 12.3 Å². The zero-order valence-electron chi connectivity index (χ0n) is 13.9. The van der Waals surface area contributed by atoms with Gasteiger partial charge in [0.25, 0.3) is 0 Å². The lowest BCUT2D eigenvalue weighted by molar-refractivity contribution is 0.298. The summed E-state index contributed by atoms with van der Waals surface area (Å²) in [4.78, 5) is 10.2. The highest BCUT2D eigenvalue weighted by Crippen LogP contribution is 2.28. The van der Waals surface area contributed by atoms with Gasteiger partial charge in [0.05, 0.1) is 0 Å². The Balaban J connectivity index is 1.35. The van der Waals surface area contributed by atoms with Crippen molar-refractivity contribution in [3.8, 4) is 0 Å². The van der Waals surface area contributed by atoms with Gasteiger partial charge in [0.1, 0.15) is 5.65 Å². The molecule has 0 unspecified atom stereocenters. The van der Waals surface area contributed by atoms with Crippen molar-refractivity contribution in [2.75, 3.05) is 19.6 Å². The van der Waals surface area contributed by atoms with E-state index in [1.54, 1.807) is 0 Å². The molecular weight excluding hydrogens is 294 g/mol. The highest BCUT2D eigenvalue weighted by atomic mass is 15.1. The van der Waals surface area contributed by atoms with Crippen molar-refractivity contribution in [1.82, 2.24) is 14.9 Å². The number of hydrogen-bond donors (Lipinski definition) is 1. The van der Waals surface area contributed by atoms with Crippen LogP contribution in [0.1, 0.15) is 24.0 Å². The molecule has 0 saturated heterocycles. The van der Waals surface area contributed by atoms with Gasteiger partial charge in [-0.2, -0.15) is 0 Å². The standard InChI is InChI=1S/C21H23N3/c1-2-6-17(7-3-1)8-5-13-24-14-10-18(11-15-24)20-16-23-21-19(20)9-4-12-22-21/h1-4,6-7,9-10,12,16H,5,8,11,13-15H2,(H,22,23). The van der Waals surface area contributed by atoms with Crippen molar-refractivity contribution in [2.24, 2.45) is 0 Å². The van der Waals surface area contributed by atoms with Crippen LogP contribution in [0.25, 0.3) is 16.6 Å². The lowest BCUT2D eigenvalue weighted by atomic mass is 9.99. The number of benzene rings is 1. The molecule has 3 nitrogen and oxygen atoms in total. The summed E-state index contributed by atoms with van der Waals surface area (Å²) >= 11 is 0. The number of aromatic nitrogens is 2. The number of fused-ring (bicyclic) bond motifs is 1. The molecule has 0 aliphatic carbocycles. The maximum Gasteiger partial charge on any atom is 0.137 e. The second-order valence-electron chi connectivity index (χ2n) is 6.47. The molecule has 0 bridgehead atoms. The second kappa shape index (κ2) is 7.02. The monoisotopic (exact) mass is 317 g/mol. The second-order valence-corrected chi connectivity index (χ2v) is 6.47. The third-order valence-electron chi connectivity index (χ3n) is 4.87. The minimum absolute atomic E-state index is 0.985. The minimum atomic E-state index is 0.985. The van der Waals surface area contributed by atoms with Crippen LogP contribution in [0.3, 0.4) is 0 Å². The van der Waals surface area contributed by atoms with E-state index in [1.165, 1.54) is 41.5 Å². The van der Waals surface area contributed by atoms with Gasteiger partial charge in [0.15, 0.2) is 0 Å². The number of nitrogens with zero attached hydrogens (tertiary/aromatic N) is 2. The van der Waals surface area contributed by atoms with Crippen LogP contribution in [0.4, 0.5) is 0 Å². The first kappa shape index (κ1) is 15.2. The zero-order chi connectivity index (χ0) is 16.2. The number of aryl methyl sites for hydroxylation is 1. The Kier molecular flexibility index (Phi) is 4.43. The number of pyridine rings is 1. The smallest absolute Gasteiger partial charge is 0.137 e. The predicted molar refractivity (Wildman–Crippen MR) is 99.9 cm³/mol. The molecule has 3 heteroatoms. The summed E-state index contributed by atoms with van der Waals surface area (Å²) in [5.74, 6) is 0. The van der Waals surface area contributed by atoms with E-state index < -0.39 is 0 Å². The summed E-state index contributed by atoms with van der Waals surface area (Å²) in [6.07, 6.45) is 9.85. The molecule has 4 rings (SSSR count). The first-order chi connectivity index (χ1) is 11.9. The molecule has 0 atom stereocenters. The average molecular weight is 317 g/mol. The van der Waals surface area contributed by atoms with Crippen LogP contribution in [-0.4, -0.2) is 34.5 Å². The highest BCUT2D eigenvalue weighted by Gasteiger charge is 2.15. The van der Waals surface area contributed by atoms with E-state index >= 15 is 0 Å². The van der Waals surface area contributed by atoms with E-state index in [4.69, 9.17) is 0 Å². The molecule has 1 aromatic carbocycles. The maximum absolute atomic E-state index is 4.39. The summed E-state index contributed by atoms with van der Waals surface area (Å²) in [7, 11) is 0. The van der Waals surface area contributed by atoms with Crippen molar-refractivity contribution in [2.45, 2.75) is 19.3 Å². The van der Waals surface area contributed by atoms with Crippen molar-refractivity contribution >= 4 is 16.6 Å². The minimum Gasteiger partial charge on any atom is -0.346 e. The van der Waals surface area contributed by atoms with Gasteiger partial charge in [0.2, 0.25) is 0 Å². The fourth-order valence-corrected chi connectivity index (χ4v) is 3.53. The van der Waals surface area contributed by atoms with Gasteiger partial charge in [-0.3, -0.25) is 4.90 Å². The summed E-state index contributed by atoms with van der Waals surface area (Å²) in [5, 5.41) is 1.24. The van der Waals surface area contributed by atoms with Gasteiger partial charge < -0.3 is 4.98 Å². The van der Waals surface area contributed by atoms with Crippen LogP contribution in [0.2, 0.25) is 0 Å². The summed E-state index contributed by atoms with van der Waals surface area (Å²) < 4.78 is 0. The van der Waals surface area contributed by atoms with E-state index in [0.29, 0.717) is 0 Å². The van der Waals surface area contributed by atoms with Crippen molar-refractivity contribution in [3.05, 3.63) is 72.1 Å². The Labute approximate surface area is 143 Å². The number of hydrogen-bond acceptors (Lipinski definition) is 2. The molecule has 0 saturated carbocycles. The summed E-state index contributed by atoms with van der Waals surface area (Å²) in [5.41, 5.74) is 5.20. The fraction of sp³-hybridized carbons (Fsp3) is 0.286. The van der Waals surface area contributed by atoms with E-state index in [9.17, 15) is 0 Å². The topological polar surface area (TPSA) is 31.9 Å². The van der Waals surface area contributed by atoms with Gasteiger partial charge in [0, 0.05) is 36.4 Å². The van der Waals surface area contributed by atoms with Gasteiger partial charge in [-0.15, -0.1) is 0 Å². The molecule has 0 fully saturated rings. The molecular formula is C21H23N3. The van der Waals surface area contributed by atoms with Crippen molar-refractivity contribution in [3.63, 3.8) is 0 Å². The van der Waals surface area contributed by atoms with Crippen LogP contribution < -0.4 is 0 Å². The number of H-pyrrole nitrogens is 1. The van der Waals surface area contributed by atoms with Gasteiger partial charge >= 0.3 is 0 Å². The normalized spacial score (nSPS) is 15.6. The predicted octanol–water partition coefficient (Wildman–Crippen LogP) is 4.28.